The van der Waals surface area contributed by atoms with E-state index >= 15 is 0 Å². The van der Waals surface area contributed by atoms with Gasteiger partial charge in [-0.1, -0.05) is 32.5 Å². The summed E-state index contributed by atoms with van der Waals surface area (Å²) in [6.07, 6.45) is 3.66. The van der Waals surface area contributed by atoms with Gasteiger partial charge >= 0.3 is 0 Å². The first-order chi connectivity index (χ1) is 8.39. The third-order valence-corrected chi connectivity index (χ3v) is 4.22. The minimum absolute atomic E-state index is 0.326. The van der Waals surface area contributed by atoms with Crippen molar-refractivity contribution in [3.8, 4) is 0 Å². The van der Waals surface area contributed by atoms with Crippen molar-refractivity contribution in [1.29, 1.82) is 0 Å². The molecule has 0 radical (unpaired) electrons. The summed E-state index contributed by atoms with van der Waals surface area (Å²) in [6, 6.07) is 0.569. The molecule has 1 saturated heterocycles. The second kappa shape index (κ2) is 7.39. The number of amidine groups is 1. The minimum Gasteiger partial charge on any atom is -0.362 e. The second-order valence-corrected chi connectivity index (χ2v) is 7.48. The molecule has 0 aromatic carbocycles. The third kappa shape index (κ3) is 6.10. The van der Waals surface area contributed by atoms with Gasteiger partial charge in [-0.3, -0.25) is 4.99 Å². The Morgan fingerprint density at radius 3 is 2.67 bits per heavy atom. The van der Waals surface area contributed by atoms with Gasteiger partial charge in [0.25, 0.3) is 0 Å². The van der Waals surface area contributed by atoms with E-state index < -0.39 is 0 Å². The van der Waals surface area contributed by atoms with E-state index in [1.54, 1.807) is 0 Å². The van der Waals surface area contributed by atoms with E-state index in [-0.39, 0.29) is 0 Å². The zero-order chi connectivity index (χ0) is 13.6. The van der Waals surface area contributed by atoms with Gasteiger partial charge in [-0.2, -0.15) is 0 Å². The van der Waals surface area contributed by atoms with Crippen LogP contribution in [0.2, 0.25) is 0 Å². The maximum absolute atomic E-state index is 4.69. The van der Waals surface area contributed by atoms with Gasteiger partial charge in [0, 0.05) is 18.3 Å². The van der Waals surface area contributed by atoms with Crippen molar-refractivity contribution in [1.82, 2.24) is 10.2 Å². The second-order valence-electron chi connectivity index (χ2n) is 6.40. The SMILES string of the molecule is CN(C)CCCCN=C1NC(C(C)(C)C)CCS1. The van der Waals surface area contributed by atoms with Crippen LogP contribution in [-0.2, 0) is 0 Å². The topological polar surface area (TPSA) is 27.6 Å². The van der Waals surface area contributed by atoms with Gasteiger partial charge < -0.3 is 10.2 Å². The number of nitrogens with zero attached hydrogens (tertiary/aromatic N) is 2. The summed E-state index contributed by atoms with van der Waals surface area (Å²) in [5.41, 5.74) is 0.326. The lowest BCUT2D eigenvalue weighted by Crippen LogP contribution is -2.46. The number of thioether (sulfide) groups is 1. The molecular weight excluding hydrogens is 242 g/mol. The number of nitrogens with one attached hydrogen (secondary N) is 1. The lowest BCUT2D eigenvalue weighted by atomic mass is 9.85. The van der Waals surface area contributed by atoms with Crippen molar-refractivity contribution in [3.05, 3.63) is 0 Å². The van der Waals surface area contributed by atoms with Crippen LogP contribution in [0.1, 0.15) is 40.0 Å². The van der Waals surface area contributed by atoms with Crippen molar-refractivity contribution < 1.29 is 0 Å². The fraction of sp³-hybridized carbons (Fsp3) is 0.929. The first-order valence-corrected chi connectivity index (χ1v) is 7.96. The van der Waals surface area contributed by atoms with Gasteiger partial charge in [0.15, 0.2) is 5.17 Å². The van der Waals surface area contributed by atoms with E-state index in [1.165, 1.54) is 25.0 Å². The van der Waals surface area contributed by atoms with Gasteiger partial charge in [0.05, 0.1) is 0 Å². The standard InChI is InChI=1S/C14H29N3S/c1-14(2,3)12-8-11-18-13(16-12)15-9-6-7-10-17(4)5/h12H,6-11H2,1-5H3,(H,15,16). The predicted octanol–water partition coefficient (Wildman–Crippen LogP) is 2.83. The number of aliphatic imine (C=N–C) groups is 1. The maximum Gasteiger partial charge on any atom is 0.156 e. The molecule has 1 unspecified atom stereocenters. The molecule has 18 heavy (non-hydrogen) atoms. The first kappa shape index (κ1) is 15.8. The van der Waals surface area contributed by atoms with Crippen LogP contribution in [0.5, 0.6) is 0 Å². The van der Waals surface area contributed by atoms with Gasteiger partial charge in [-0.25, -0.2) is 0 Å². The van der Waals surface area contributed by atoms with E-state index in [2.05, 4.69) is 45.1 Å². The minimum atomic E-state index is 0.326. The zero-order valence-corrected chi connectivity index (χ0v) is 13.4. The smallest absolute Gasteiger partial charge is 0.156 e. The summed E-state index contributed by atoms with van der Waals surface area (Å²) >= 11 is 1.88. The van der Waals surface area contributed by atoms with Crippen molar-refractivity contribution >= 4 is 16.9 Å². The van der Waals surface area contributed by atoms with Crippen LogP contribution in [-0.4, -0.2) is 49.0 Å². The largest absolute Gasteiger partial charge is 0.362 e. The Kier molecular flexibility index (Phi) is 6.50. The summed E-state index contributed by atoms with van der Waals surface area (Å²) in [5, 5.41) is 4.75. The van der Waals surface area contributed by atoms with Gasteiger partial charge in [0.1, 0.15) is 0 Å². The van der Waals surface area contributed by atoms with E-state index in [4.69, 9.17) is 4.99 Å². The van der Waals surface area contributed by atoms with Crippen LogP contribution in [0.15, 0.2) is 4.99 Å². The molecule has 1 aliphatic heterocycles. The zero-order valence-electron chi connectivity index (χ0n) is 12.6. The highest BCUT2D eigenvalue weighted by Gasteiger charge is 2.28. The highest BCUT2D eigenvalue weighted by molar-refractivity contribution is 8.13. The van der Waals surface area contributed by atoms with Crippen LogP contribution in [0.3, 0.4) is 0 Å². The monoisotopic (exact) mass is 271 g/mol. The van der Waals surface area contributed by atoms with E-state index in [0.29, 0.717) is 11.5 Å². The Labute approximate surface area is 117 Å². The molecule has 1 fully saturated rings. The number of rotatable bonds is 5. The summed E-state index contributed by atoms with van der Waals surface area (Å²) in [5.74, 6) is 1.20. The molecule has 1 rings (SSSR count). The quantitative estimate of drug-likeness (QED) is 0.779. The molecular formula is C14H29N3S. The lowest BCUT2D eigenvalue weighted by molar-refractivity contribution is 0.290. The van der Waals surface area contributed by atoms with Gasteiger partial charge in [-0.05, 0) is 45.3 Å². The molecule has 0 saturated carbocycles. The number of unbranched alkanes of at least 4 members (excludes halogenated alkanes) is 1. The molecule has 106 valence electrons. The Bertz CT molecular complexity index is 269. The van der Waals surface area contributed by atoms with Crippen LogP contribution < -0.4 is 5.32 Å². The highest BCUT2D eigenvalue weighted by atomic mass is 32.2. The normalized spacial score (nSPS) is 23.4. The van der Waals surface area contributed by atoms with E-state index in [9.17, 15) is 0 Å². The third-order valence-electron chi connectivity index (χ3n) is 3.26. The molecule has 0 aromatic heterocycles. The molecule has 0 aliphatic carbocycles. The summed E-state index contributed by atoms with van der Waals surface area (Å²) in [4.78, 5) is 6.93. The average Bonchev–Trinajstić information content (AvgIpc) is 2.27. The Balaban J connectivity index is 2.28. The molecule has 0 spiro atoms. The Morgan fingerprint density at radius 2 is 2.06 bits per heavy atom. The molecule has 1 N–H and O–H groups in total. The van der Waals surface area contributed by atoms with Crippen molar-refractivity contribution in [2.75, 3.05) is 32.9 Å². The molecule has 1 heterocycles. The fourth-order valence-electron chi connectivity index (χ4n) is 2.00. The van der Waals surface area contributed by atoms with E-state index in [1.807, 2.05) is 11.8 Å². The maximum atomic E-state index is 4.69. The van der Waals surface area contributed by atoms with Gasteiger partial charge in [0.2, 0.25) is 0 Å². The molecule has 1 atom stereocenters. The van der Waals surface area contributed by atoms with Crippen molar-refractivity contribution in [2.45, 2.75) is 46.1 Å². The average molecular weight is 271 g/mol. The molecule has 1 aliphatic rings. The molecule has 0 bridgehead atoms. The van der Waals surface area contributed by atoms with Crippen molar-refractivity contribution in [3.63, 3.8) is 0 Å². The lowest BCUT2D eigenvalue weighted by Gasteiger charge is -2.35. The number of hydrogen-bond donors (Lipinski definition) is 1. The summed E-state index contributed by atoms with van der Waals surface area (Å²) in [7, 11) is 4.25. The summed E-state index contributed by atoms with van der Waals surface area (Å²) in [6.45, 7) is 9.02. The van der Waals surface area contributed by atoms with Crippen LogP contribution >= 0.6 is 11.8 Å². The van der Waals surface area contributed by atoms with Gasteiger partial charge in [-0.15, -0.1) is 0 Å². The fourth-order valence-corrected chi connectivity index (χ4v) is 2.95. The van der Waals surface area contributed by atoms with Crippen LogP contribution in [0.4, 0.5) is 0 Å². The van der Waals surface area contributed by atoms with Crippen molar-refractivity contribution in [2.24, 2.45) is 10.4 Å². The van der Waals surface area contributed by atoms with Crippen LogP contribution in [0, 0.1) is 5.41 Å². The van der Waals surface area contributed by atoms with Crippen LogP contribution in [0.25, 0.3) is 0 Å². The molecule has 3 nitrogen and oxygen atoms in total. The molecule has 0 aromatic rings. The highest BCUT2D eigenvalue weighted by Crippen LogP contribution is 2.27. The first-order valence-electron chi connectivity index (χ1n) is 6.98. The number of hydrogen-bond acceptors (Lipinski definition) is 3. The van der Waals surface area contributed by atoms with E-state index in [0.717, 1.165) is 18.3 Å². The molecule has 4 heteroatoms. The Morgan fingerprint density at radius 1 is 1.33 bits per heavy atom. The Hall–Kier alpha value is -0.220. The summed E-state index contributed by atoms with van der Waals surface area (Å²) < 4.78 is 0. The molecule has 0 amide bonds. The predicted molar refractivity (Wildman–Crippen MR) is 83.5 cm³/mol.